The molecule has 0 aromatic heterocycles. The fraction of sp³-hybridized carbons (Fsp3) is 0.143. The van der Waals surface area contributed by atoms with E-state index in [9.17, 15) is 5.11 Å². The number of hydrogen-bond donors (Lipinski definition) is 0. The Labute approximate surface area is 67.9 Å². The third kappa shape index (κ3) is 1.95. The number of benzene rings is 1. The van der Waals surface area contributed by atoms with E-state index in [1.807, 2.05) is 52.9 Å². The van der Waals surface area contributed by atoms with Crippen LogP contribution in [0.4, 0.5) is 0 Å². The van der Waals surface area contributed by atoms with Gasteiger partial charge in [-0.05, 0) is 28.2 Å². The second kappa shape index (κ2) is 3.17. The Balaban J connectivity index is 2.85. The molecule has 0 spiro atoms. The third-order valence-electron chi connectivity index (χ3n) is 1.06. The summed E-state index contributed by atoms with van der Waals surface area (Å²) < 4.78 is -0.621. The summed E-state index contributed by atoms with van der Waals surface area (Å²) in [5.74, 6) is 0. The first-order valence-corrected chi connectivity index (χ1v) is 3.90. The average molecular weight is 233 g/mol. The predicted octanol–water partition coefficient (Wildman–Crippen LogP) is 2.55. The van der Waals surface area contributed by atoms with Crippen molar-refractivity contribution in [2.45, 2.75) is 4.11 Å². The van der Waals surface area contributed by atoms with E-state index in [0.29, 0.717) is 0 Å². The van der Waals surface area contributed by atoms with Crippen LogP contribution in [-0.4, -0.2) is 0 Å². The van der Waals surface area contributed by atoms with Gasteiger partial charge in [0.25, 0.3) is 0 Å². The average Bonchev–Trinajstić information content (AvgIpc) is 1.90. The van der Waals surface area contributed by atoms with E-state index >= 15 is 0 Å². The van der Waals surface area contributed by atoms with Gasteiger partial charge in [0, 0.05) is 0 Å². The molecule has 0 bridgehead atoms. The molecule has 0 aliphatic rings. The number of hydrogen-bond acceptors (Lipinski definition) is 0. The molecule has 0 aliphatic carbocycles. The largest absolute Gasteiger partial charge is 0.216 e. The van der Waals surface area contributed by atoms with Gasteiger partial charge in [-0.25, -0.2) is 5.11 Å². The summed E-state index contributed by atoms with van der Waals surface area (Å²) in [5, 5.41) is 10.7. The van der Waals surface area contributed by atoms with Crippen LogP contribution < -0.4 is 0 Å². The first-order chi connectivity index (χ1) is 4.30. The quantitative estimate of drug-likeness (QED) is 0.524. The Morgan fingerprint density at radius 3 is 2.11 bits per heavy atom. The fourth-order valence-corrected chi connectivity index (χ4v) is 1.02. The van der Waals surface area contributed by atoms with E-state index in [1.54, 1.807) is 0 Å². The highest BCUT2D eigenvalue weighted by atomic mass is 127. The highest BCUT2D eigenvalue weighted by Crippen LogP contribution is 2.18. The van der Waals surface area contributed by atoms with Crippen molar-refractivity contribution in [3.63, 3.8) is 0 Å². The van der Waals surface area contributed by atoms with Crippen molar-refractivity contribution in [3.05, 3.63) is 35.9 Å². The first kappa shape index (κ1) is 7.02. The van der Waals surface area contributed by atoms with Gasteiger partial charge in [0.05, 0.1) is 0 Å². The van der Waals surface area contributed by atoms with Crippen LogP contribution in [0, 0.1) is 0 Å². The summed E-state index contributed by atoms with van der Waals surface area (Å²) in [6, 6.07) is 9.33. The van der Waals surface area contributed by atoms with E-state index in [-0.39, 0.29) is 0 Å². The summed E-state index contributed by atoms with van der Waals surface area (Å²) in [6.45, 7) is 0. The first-order valence-electron chi connectivity index (χ1n) is 2.65. The van der Waals surface area contributed by atoms with Crippen molar-refractivity contribution in [2.75, 3.05) is 0 Å². The highest BCUT2D eigenvalue weighted by molar-refractivity contribution is 14.1. The Morgan fingerprint density at radius 1 is 1.22 bits per heavy atom. The lowest BCUT2D eigenvalue weighted by Gasteiger charge is -1.96. The zero-order valence-corrected chi connectivity index (χ0v) is 6.91. The molecule has 2 heteroatoms. The van der Waals surface area contributed by atoms with Gasteiger partial charge in [-0.15, -0.1) is 0 Å². The summed E-state index contributed by atoms with van der Waals surface area (Å²) in [4.78, 5) is 0. The lowest BCUT2D eigenvalue weighted by Crippen LogP contribution is -1.81. The van der Waals surface area contributed by atoms with Crippen molar-refractivity contribution in [1.29, 1.82) is 0 Å². The van der Waals surface area contributed by atoms with Crippen LogP contribution in [0.15, 0.2) is 30.3 Å². The second-order valence-electron chi connectivity index (χ2n) is 1.73. The van der Waals surface area contributed by atoms with Gasteiger partial charge < -0.3 is 0 Å². The maximum absolute atomic E-state index is 10.7. The minimum atomic E-state index is -0.621. The van der Waals surface area contributed by atoms with Crippen molar-refractivity contribution in [3.8, 4) is 0 Å². The molecule has 0 amide bonds. The topological polar surface area (TPSA) is 19.9 Å². The molecule has 0 aliphatic heterocycles. The van der Waals surface area contributed by atoms with Crippen LogP contribution in [-0.2, 0) is 5.11 Å². The van der Waals surface area contributed by atoms with E-state index in [0.717, 1.165) is 5.56 Å². The molecule has 1 nitrogen and oxygen atoms in total. The Bertz CT molecular complexity index is 172. The second-order valence-corrected chi connectivity index (χ2v) is 2.86. The predicted molar refractivity (Wildman–Crippen MR) is 43.9 cm³/mol. The number of rotatable bonds is 1. The van der Waals surface area contributed by atoms with E-state index in [4.69, 9.17) is 0 Å². The maximum Gasteiger partial charge on any atom is 0.169 e. The minimum Gasteiger partial charge on any atom is -0.216 e. The lowest BCUT2D eigenvalue weighted by atomic mass is 10.2. The SMILES string of the molecule is [O]C(I)c1ccccc1. The Hall–Kier alpha value is -0.0900. The zero-order valence-electron chi connectivity index (χ0n) is 4.75. The molecule has 0 fully saturated rings. The molecule has 1 rings (SSSR count). The molecular formula is C7H6IO. The molecule has 1 atom stereocenters. The summed E-state index contributed by atoms with van der Waals surface area (Å²) in [6.07, 6.45) is 0. The number of halogens is 1. The smallest absolute Gasteiger partial charge is 0.169 e. The van der Waals surface area contributed by atoms with Crippen molar-refractivity contribution < 1.29 is 5.11 Å². The molecule has 0 saturated heterocycles. The van der Waals surface area contributed by atoms with Crippen LogP contribution in [0.2, 0.25) is 0 Å². The van der Waals surface area contributed by atoms with Gasteiger partial charge in [0.2, 0.25) is 0 Å². The maximum atomic E-state index is 10.7. The normalized spacial score (nSPS) is 13.1. The molecule has 1 aromatic rings. The van der Waals surface area contributed by atoms with Gasteiger partial charge in [0.1, 0.15) is 0 Å². The van der Waals surface area contributed by atoms with E-state index in [2.05, 4.69) is 0 Å². The third-order valence-corrected chi connectivity index (χ3v) is 1.78. The van der Waals surface area contributed by atoms with Crippen molar-refractivity contribution in [1.82, 2.24) is 0 Å². The zero-order chi connectivity index (χ0) is 6.69. The van der Waals surface area contributed by atoms with Gasteiger partial charge in [-0.2, -0.15) is 0 Å². The van der Waals surface area contributed by atoms with E-state index < -0.39 is 4.11 Å². The number of alkyl halides is 1. The Kier molecular flexibility index (Phi) is 2.48. The Morgan fingerprint density at radius 2 is 1.78 bits per heavy atom. The van der Waals surface area contributed by atoms with Gasteiger partial charge in [-0.1, -0.05) is 30.3 Å². The highest BCUT2D eigenvalue weighted by Gasteiger charge is 1.99. The molecule has 9 heavy (non-hydrogen) atoms. The minimum absolute atomic E-state index is 0.621. The molecule has 0 N–H and O–H groups in total. The molecule has 0 saturated carbocycles. The van der Waals surface area contributed by atoms with Crippen molar-refractivity contribution >= 4 is 22.6 Å². The van der Waals surface area contributed by atoms with Gasteiger partial charge in [0.15, 0.2) is 4.11 Å². The van der Waals surface area contributed by atoms with Crippen LogP contribution >= 0.6 is 22.6 Å². The van der Waals surface area contributed by atoms with Gasteiger partial charge >= 0.3 is 0 Å². The monoisotopic (exact) mass is 233 g/mol. The summed E-state index contributed by atoms with van der Waals surface area (Å²) in [5.41, 5.74) is 0.845. The van der Waals surface area contributed by atoms with Gasteiger partial charge in [-0.3, -0.25) is 0 Å². The molecule has 1 radical (unpaired) electrons. The van der Waals surface area contributed by atoms with Crippen LogP contribution in [0.1, 0.15) is 9.67 Å². The lowest BCUT2D eigenvalue weighted by molar-refractivity contribution is 0.182. The van der Waals surface area contributed by atoms with Crippen LogP contribution in [0.3, 0.4) is 0 Å². The standard InChI is InChI=1S/C7H6IO/c8-7(9)6-4-2-1-3-5-6/h1-5,7H. The van der Waals surface area contributed by atoms with Crippen molar-refractivity contribution in [2.24, 2.45) is 0 Å². The fourth-order valence-electron chi connectivity index (χ4n) is 0.604. The molecule has 1 unspecified atom stereocenters. The van der Waals surface area contributed by atoms with Crippen LogP contribution in [0.5, 0.6) is 0 Å². The molecule has 47 valence electrons. The van der Waals surface area contributed by atoms with Crippen LogP contribution in [0.25, 0.3) is 0 Å². The van der Waals surface area contributed by atoms with E-state index in [1.165, 1.54) is 0 Å². The molecular weight excluding hydrogens is 227 g/mol. The molecule has 0 heterocycles. The summed E-state index contributed by atoms with van der Waals surface area (Å²) in [7, 11) is 0. The summed E-state index contributed by atoms with van der Waals surface area (Å²) >= 11 is 1.85. The molecule has 1 aromatic carbocycles.